The van der Waals surface area contributed by atoms with E-state index in [-0.39, 0.29) is 12.0 Å². The van der Waals surface area contributed by atoms with Gasteiger partial charge in [-0.2, -0.15) is 0 Å². The topological polar surface area (TPSA) is 29.5 Å². The molecule has 0 bridgehead atoms. The molecule has 1 atom stereocenters. The number of esters is 1. The summed E-state index contributed by atoms with van der Waals surface area (Å²) in [5.41, 5.74) is 0.892. The fourth-order valence-electron chi connectivity index (χ4n) is 1.88. The Hall–Kier alpha value is -0.250. The number of likely N-dealkylation sites (tertiary alicyclic amines) is 1. The Morgan fingerprint density at radius 1 is 1.53 bits per heavy atom. The zero-order valence-electron chi connectivity index (χ0n) is 10.5. The van der Waals surface area contributed by atoms with Gasteiger partial charge in [0.25, 0.3) is 0 Å². The highest BCUT2D eigenvalue weighted by atomic mass is 35.5. The quantitative estimate of drug-likeness (QED) is 0.744. The number of ether oxygens (including phenoxy) is 1. The van der Waals surface area contributed by atoms with Crippen LogP contribution in [0.4, 0.5) is 0 Å². The lowest BCUT2D eigenvalue weighted by atomic mass is 10.1. The van der Waals surface area contributed by atoms with Crippen molar-refractivity contribution in [2.24, 2.45) is 0 Å². The van der Waals surface area contributed by atoms with Crippen LogP contribution >= 0.6 is 23.2 Å². The minimum atomic E-state index is -0.447. The number of hydrogen-bond acceptors (Lipinski definition) is 3. The van der Waals surface area contributed by atoms with E-state index in [0.717, 1.165) is 19.4 Å². The molecule has 0 N–H and O–H groups in total. The summed E-state index contributed by atoms with van der Waals surface area (Å²) in [5, 5.41) is 0.544. The van der Waals surface area contributed by atoms with Crippen molar-refractivity contribution in [3.8, 4) is 0 Å². The molecule has 0 unspecified atom stereocenters. The summed E-state index contributed by atoms with van der Waals surface area (Å²) in [6.45, 7) is 6.97. The first-order valence-corrected chi connectivity index (χ1v) is 6.56. The molecular weight excluding hydrogens is 261 g/mol. The van der Waals surface area contributed by atoms with Gasteiger partial charge in [0.1, 0.15) is 11.6 Å². The molecule has 1 fully saturated rings. The molecule has 3 nitrogen and oxygen atoms in total. The lowest BCUT2D eigenvalue weighted by molar-refractivity contribution is -0.160. The smallest absolute Gasteiger partial charge is 0.323 e. The van der Waals surface area contributed by atoms with Gasteiger partial charge in [-0.1, -0.05) is 23.2 Å². The normalized spacial score (nSPS) is 22.9. The predicted octanol–water partition coefficient (Wildman–Crippen LogP) is 3.11. The van der Waals surface area contributed by atoms with E-state index in [1.165, 1.54) is 5.54 Å². The zero-order valence-corrected chi connectivity index (χ0v) is 12.0. The van der Waals surface area contributed by atoms with Crippen LogP contribution in [-0.2, 0) is 9.53 Å². The Morgan fingerprint density at radius 2 is 2.18 bits per heavy atom. The first-order chi connectivity index (χ1) is 7.83. The lowest BCUT2D eigenvalue weighted by Gasteiger charge is -2.27. The molecule has 0 aromatic heterocycles. The van der Waals surface area contributed by atoms with Crippen molar-refractivity contribution >= 4 is 29.2 Å². The molecule has 0 saturated carbocycles. The summed E-state index contributed by atoms with van der Waals surface area (Å²) in [5.74, 6) is -0.172. The van der Waals surface area contributed by atoms with Crippen LogP contribution in [0.15, 0.2) is 10.6 Å². The molecular formula is C12H19Cl2NO2. The summed E-state index contributed by atoms with van der Waals surface area (Å²) in [7, 11) is 0. The molecule has 17 heavy (non-hydrogen) atoms. The van der Waals surface area contributed by atoms with Crippen molar-refractivity contribution in [3.63, 3.8) is 0 Å². The largest absolute Gasteiger partial charge is 0.459 e. The molecule has 0 aromatic carbocycles. The Balaban J connectivity index is 2.60. The Labute approximate surface area is 113 Å². The highest BCUT2D eigenvalue weighted by Gasteiger charge is 2.34. The first-order valence-electron chi connectivity index (χ1n) is 5.75. The van der Waals surface area contributed by atoms with Gasteiger partial charge in [-0.3, -0.25) is 9.69 Å². The van der Waals surface area contributed by atoms with E-state index in [9.17, 15) is 4.79 Å². The highest BCUT2D eigenvalue weighted by Crippen LogP contribution is 2.22. The summed E-state index contributed by atoms with van der Waals surface area (Å²) in [4.78, 5) is 14.0. The van der Waals surface area contributed by atoms with Gasteiger partial charge >= 0.3 is 5.97 Å². The van der Waals surface area contributed by atoms with Crippen molar-refractivity contribution in [2.45, 2.75) is 45.3 Å². The molecule has 1 rings (SSSR count). The van der Waals surface area contributed by atoms with Crippen LogP contribution in [-0.4, -0.2) is 35.6 Å². The maximum Gasteiger partial charge on any atom is 0.323 e. The third-order valence-corrected chi connectivity index (χ3v) is 3.12. The average molecular weight is 280 g/mol. The molecule has 0 spiro atoms. The number of hydrogen-bond donors (Lipinski definition) is 0. The number of carbonyl (C=O) groups excluding carboxylic acids is 1. The third kappa shape index (κ3) is 4.86. The molecule has 1 saturated heterocycles. The van der Waals surface area contributed by atoms with Crippen LogP contribution in [0.2, 0.25) is 0 Å². The van der Waals surface area contributed by atoms with Crippen molar-refractivity contribution in [3.05, 3.63) is 10.6 Å². The van der Waals surface area contributed by atoms with Crippen molar-refractivity contribution in [2.75, 3.05) is 13.1 Å². The minimum Gasteiger partial charge on any atom is -0.459 e. The van der Waals surface area contributed by atoms with Gasteiger partial charge in [0.05, 0.1) is 0 Å². The van der Waals surface area contributed by atoms with E-state index in [1.54, 1.807) is 0 Å². The van der Waals surface area contributed by atoms with E-state index >= 15 is 0 Å². The van der Waals surface area contributed by atoms with Gasteiger partial charge < -0.3 is 4.74 Å². The van der Waals surface area contributed by atoms with Crippen molar-refractivity contribution in [1.29, 1.82) is 0 Å². The monoisotopic (exact) mass is 279 g/mol. The van der Waals surface area contributed by atoms with E-state index < -0.39 is 5.60 Å². The van der Waals surface area contributed by atoms with Crippen molar-refractivity contribution in [1.82, 2.24) is 4.90 Å². The van der Waals surface area contributed by atoms with Crippen LogP contribution in [0.25, 0.3) is 0 Å². The van der Waals surface area contributed by atoms with Crippen molar-refractivity contribution < 1.29 is 9.53 Å². The van der Waals surface area contributed by atoms with Gasteiger partial charge in [-0.05, 0) is 40.2 Å². The van der Waals surface area contributed by atoms with Crippen LogP contribution < -0.4 is 0 Å². The Bertz CT molecular complexity index is 310. The van der Waals surface area contributed by atoms with Gasteiger partial charge in [0.15, 0.2) is 0 Å². The molecule has 0 amide bonds. The maximum absolute atomic E-state index is 12.0. The van der Waals surface area contributed by atoms with Crippen LogP contribution in [0.3, 0.4) is 0 Å². The molecule has 1 heterocycles. The highest BCUT2D eigenvalue weighted by molar-refractivity contribution is 6.36. The summed E-state index contributed by atoms with van der Waals surface area (Å²) in [6, 6.07) is -0.195. The van der Waals surface area contributed by atoms with Gasteiger partial charge in [-0.15, -0.1) is 0 Å². The second-order valence-electron chi connectivity index (χ2n) is 5.22. The SMILES string of the molecule is CC(C)(C)OC(=O)[C@H]1CCCN1CC(Cl)=CCl. The summed E-state index contributed by atoms with van der Waals surface area (Å²) >= 11 is 11.4. The second-order valence-corrected chi connectivity index (χ2v) is 5.92. The number of carbonyl (C=O) groups is 1. The van der Waals surface area contributed by atoms with Gasteiger partial charge in [0.2, 0.25) is 0 Å². The van der Waals surface area contributed by atoms with Crippen LogP contribution in [0.5, 0.6) is 0 Å². The van der Waals surface area contributed by atoms with E-state index in [1.807, 2.05) is 25.7 Å². The molecule has 0 radical (unpaired) electrons. The number of rotatable bonds is 3. The Morgan fingerprint density at radius 3 is 2.71 bits per heavy atom. The first kappa shape index (κ1) is 14.8. The maximum atomic E-state index is 12.0. The van der Waals surface area contributed by atoms with Gasteiger partial charge in [0, 0.05) is 17.1 Å². The standard InChI is InChI=1S/C12H19Cl2NO2/c1-12(2,3)17-11(16)10-5-4-6-15(10)8-9(14)7-13/h7,10H,4-6,8H2,1-3H3/t10-/m1/s1. The molecule has 1 aliphatic rings. The fraction of sp³-hybridized carbons (Fsp3) is 0.750. The fourth-order valence-corrected chi connectivity index (χ4v) is 2.10. The minimum absolute atomic E-state index is 0.172. The molecule has 98 valence electrons. The summed E-state index contributed by atoms with van der Waals surface area (Å²) < 4.78 is 5.39. The number of halogens is 2. The van der Waals surface area contributed by atoms with Crippen LogP contribution in [0.1, 0.15) is 33.6 Å². The summed E-state index contributed by atoms with van der Waals surface area (Å²) in [6.07, 6.45) is 1.80. The van der Waals surface area contributed by atoms with Crippen LogP contribution in [0, 0.1) is 0 Å². The van der Waals surface area contributed by atoms with E-state index in [4.69, 9.17) is 27.9 Å². The molecule has 5 heteroatoms. The zero-order chi connectivity index (χ0) is 13.1. The predicted molar refractivity (Wildman–Crippen MR) is 70.2 cm³/mol. The molecule has 0 aromatic rings. The number of nitrogens with zero attached hydrogens (tertiary/aromatic N) is 1. The average Bonchev–Trinajstić information content (AvgIpc) is 2.63. The second kappa shape index (κ2) is 6.07. The van der Waals surface area contributed by atoms with E-state index in [0.29, 0.717) is 11.6 Å². The third-order valence-electron chi connectivity index (χ3n) is 2.52. The molecule has 0 aliphatic carbocycles. The molecule has 1 aliphatic heterocycles. The lowest BCUT2D eigenvalue weighted by Crippen LogP contribution is -2.40. The van der Waals surface area contributed by atoms with E-state index in [2.05, 4.69) is 0 Å². The van der Waals surface area contributed by atoms with Gasteiger partial charge in [-0.25, -0.2) is 0 Å². The Kier molecular flexibility index (Phi) is 5.29.